The second-order valence-corrected chi connectivity index (χ2v) is 6.15. The van der Waals surface area contributed by atoms with E-state index < -0.39 is 0 Å². The molecule has 0 saturated carbocycles. The van der Waals surface area contributed by atoms with Gasteiger partial charge in [0.05, 0.1) is 6.54 Å². The highest BCUT2D eigenvalue weighted by atomic mass is 16.7. The van der Waals surface area contributed by atoms with Gasteiger partial charge in [-0.3, -0.25) is 0 Å². The number of aromatic nitrogens is 2. The van der Waals surface area contributed by atoms with Crippen LogP contribution in [0.25, 0.3) is 0 Å². The fourth-order valence-electron chi connectivity index (χ4n) is 2.99. The van der Waals surface area contributed by atoms with Crippen molar-refractivity contribution in [2.45, 2.75) is 38.3 Å². The van der Waals surface area contributed by atoms with Gasteiger partial charge in [-0.05, 0) is 37.5 Å². The second kappa shape index (κ2) is 6.78. The van der Waals surface area contributed by atoms with E-state index in [1.165, 1.54) is 0 Å². The smallest absolute Gasteiger partial charge is 0.231 e. The summed E-state index contributed by atoms with van der Waals surface area (Å²) >= 11 is 0. The molecule has 2 aromatic rings. The number of rotatable bonds is 5. The summed E-state index contributed by atoms with van der Waals surface area (Å²) in [5.41, 5.74) is 1.13. The normalized spacial score (nSPS) is 18.7. The molecule has 7 nitrogen and oxygen atoms in total. The number of fused-ring (bicyclic) bond motifs is 1. The summed E-state index contributed by atoms with van der Waals surface area (Å²) in [6.45, 7) is 4.47. The quantitative estimate of drug-likeness (QED) is 0.902. The monoisotopic (exact) mass is 331 g/mol. The van der Waals surface area contributed by atoms with Crippen LogP contribution in [-0.2, 0) is 11.3 Å². The summed E-state index contributed by atoms with van der Waals surface area (Å²) < 4.78 is 21.5. The highest BCUT2D eigenvalue weighted by Gasteiger charge is 2.22. The van der Waals surface area contributed by atoms with E-state index in [0.29, 0.717) is 25.1 Å². The van der Waals surface area contributed by atoms with Crippen LogP contribution in [0, 0.1) is 0 Å². The Morgan fingerprint density at radius 1 is 1.21 bits per heavy atom. The number of hydrogen-bond acceptors (Lipinski definition) is 7. The molecule has 2 aliphatic rings. The largest absolute Gasteiger partial charge is 0.454 e. The Morgan fingerprint density at radius 2 is 2.04 bits per heavy atom. The average molecular weight is 331 g/mol. The Hall–Kier alpha value is -2.12. The van der Waals surface area contributed by atoms with Gasteiger partial charge < -0.3 is 24.1 Å². The highest BCUT2D eigenvalue weighted by Crippen LogP contribution is 2.34. The zero-order valence-corrected chi connectivity index (χ0v) is 13.7. The van der Waals surface area contributed by atoms with E-state index in [9.17, 15) is 0 Å². The van der Waals surface area contributed by atoms with Gasteiger partial charge in [0.25, 0.3) is 0 Å². The number of nitrogens with one attached hydrogen (secondary N) is 1. The summed E-state index contributed by atoms with van der Waals surface area (Å²) in [7, 11) is 0. The van der Waals surface area contributed by atoms with Gasteiger partial charge in [0.1, 0.15) is 0 Å². The van der Waals surface area contributed by atoms with Crippen molar-refractivity contribution in [2.75, 3.05) is 20.0 Å². The van der Waals surface area contributed by atoms with E-state index in [1.807, 2.05) is 18.2 Å². The highest BCUT2D eigenvalue weighted by molar-refractivity contribution is 5.45. The fraction of sp³-hybridized carbons (Fsp3) is 0.529. The second-order valence-electron chi connectivity index (χ2n) is 6.15. The van der Waals surface area contributed by atoms with Gasteiger partial charge in [-0.2, -0.15) is 4.98 Å². The minimum Gasteiger partial charge on any atom is -0.454 e. The van der Waals surface area contributed by atoms with Crippen LogP contribution < -0.4 is 14.8 Å². The molecule has 0 aliphatic carbocycles. The molecule has 1 fully saturated rings. The zero-order valence-electron chi connectivity index (χ0n) is 13.7. The topological polar surface area (TPSA) is 78.6 Å². The van der Waals surface area contributed by atoms with E-state index in [-0.39, 0.29) is 6.04 Å². The van der Waals surface area contributed by atoms with Crippen LogP contribution in [0.5, 0.6) is 11.5 Å². The first-order valence-corrected chi connectivity index (χ1v) is 8.33. The zero-order chi connectivity index (χ0) is 16.4. The molecule has 0 radical (unpaired) electrons. The van der Waals surface area contributed by atoms with Crippen molar-refractivity contribution < 1.29 is 18.7 Å². The molecular weight excluding hydrogens is 310 g/mol. The van der Waals surface area contributed by atoms with Crippen molar-refractivity contribution >= 4 is 0 Å². The molecule has 1 aromatic carbocycles. The molecule has 3 heterocycles. The summed E-state index contributed by atoms with van der Waals surface area (Å²) in [6.07, 6.45) is 1.89. The van der Waals surface area contributed by atoms with Gasteiger partial charge in [-0.15, -0.1) is 0 Å². The Morgan fingerprint density at radius 3 is 2.92 bits per heavy atom. The average Bonchev–Trinajstić information content (AvgIpc) is 3.29. The van der Waals surface area contributed by atoms with Crippen molar-refractivity contribution in [1.82, 2.24) is 15.5 Å². The van der Waals surface area contributed by atoms with Crippen molar-refractivity contribution in [2.24, 2.45) is 0 Å². The van der Waals surface area contributed by atoms with Crippen LogP contribution in [0.3, 0.4) is 0 Å². The third kappa shape index (κ3) is 3.22. The van der Waals surface area contributed by atoms with Crippen molar-refractivity contribution in [3.8, 4) is 11.5 Å². The van der Waals surface area contributed by atoms with E-state index in [1.54, 1.807) is 0 Å². The predicted octanol–water partition coefficient (Wildman–Crippen LogP) is 2.54. The Kier molecular flexibility index (Phi) is 4.36. The van der Waals surface area contributed by atoms with Crippen molar-refractivity contribution in [1.29, 1.82) is 0 Å². The van der Waals surface area contributed by atoms with Crippen LogP contribution in [0.15, 0.2) is 22.7 Å². The molecule has 4 rings (SSSR count). The van der Waals surface area contributed by atoms with E-state index in [0.717, 1.165) is 49.0 Å². The van der Waals surface area contributed by atoms with Gasteiger partial charge in [0.15, 0.2) is 17.3 Å². The molecule has 7 heteroatoms. The number of hydrogen-bond donors (Lipinski definition) is 1. The molecule has 1 saturated heterocycles. The Labute approximate surface area is 140 Å². The van der Waals surface area contributed by atoms with Crippen LogP contribution in [-0.4, -0.2) is 30.1 Å². The summed E-state index contributed by atoms with van der Waals surface area (Å²) in [4.78, 5) is 4.52. The van der Waals surface area contributed by atoms with Crippen molar-refractivity contribution in [3.63, 3.8) is 0 Å². The maximum Gasteiger partial charge on any atom is 0.231 e. The predicted molar refractivity (Wildman–Crippen MR) is 84.9 cm³/mol. The standard InChI is InChI=1S/C17H21N3O4/c1-11(13-2-3-14-15(8-13)23-10-22-14)18-9-16-19-17(24-20-16)12-4-6-21-7-5-12/h2-3,8,11-12,18H,4-7,9-10H2,1H3. The van der Waals surface area contributed by atoms with Crippen LogP contribution in [0.2, 0.25) is 0 Å². The summed E-state index contributed by atoms with van der Waals surface area (Å²) in [5.74, 6) is 3.33. The number of nitrogens with zero attached hydrogens (tertiary/aromatic N) is 2. The first-order valence-electron chi connectivity index (χ1n) is 8.33. The molecule has 1 N–H and O–H groups in total. The molecule has 0 bridgehead atoms. The maximum atomic E-state index is 5.42. The molecule has 0 amide bonds. The first kappa shape index (κ1) is 15.4. The molecule has 2 aliphatic heterocycles. The minimum atomic E-state index is 0.143. The first-order chi connectivity index (χ1) is 11.8. The molecule has 0 spiro atoms. The van der Waals surface area contributed by atoms with Gasteiger partial charge >= 0.3 is 0 Å². The van der Waals surface area contributed by atoms with Crippen LogP contribution >= 0.6 is 0 Å². The van der Waals surface area contributed by atoms with Gasteiger partial charge in [0, 0.05) is 25.2 Å². The van der Waals surface area contributed by atoms with E-state index in [4.69, 9.17) is 18.7 Å². The lowest BCUT2D eigenvalue weighted by Gasteiger charge is -2.18. The molecule has 1 unspecified atom stereocenters. The lowest BCUT2D eigenvalue weighted by Crippen LogP contribution is -2.19. The summed E-state index contributed by atoms with van der Waals surface area (Å²) in [5, 5.41) is 7.50. The van der Waals surface area contributed by atoms with Gasteiger partial charge in [-0.25, -0.2) is 0 Å². The minimum absolute atomic E-state index is 0.143. The van der Waals surface area contributed by atoms with Crippen molar-refractivity contribution in [3.05, 3.63) is 35.5 Å². The van der Waals surface area contributed by atoms with Crippen LogP contribution in [0.1, 0.15) is 49.0 Å². The van der Waals surface area contributed by atoms with E-state index in [2.05, 4.69) is 22.4 Å². The lowest BCUT2D eigenvalue weighted by molar-refractivity contribution is 0.0778. The van der Waals surface area contributed by atoms with Gasteiger partial charge in [-0.1, -0.05) is 11.2 Å². The lowest BCUT2D eigenvalue weighted by atomic mass is 10.0. The third-order valence-corrected chi connectivity index (χ3v) is 4.52. The third-order valence-electron chi connectivity index (χ3n) is 4.52. The number of benzene rings is 1. The SMILES string of the molecule is CC(NCc1noc(C2CCOCC2)n1)c1ccc2c(c1)OCO2. The van der Waals surface area contributed by atoms with Crippen LogP contribution in [0.4, 0.5) is 0 Å². The fourth-order valence-corrected chi connectivity index (χ4v) is 2.99. The molecule has 1 atom stereocenters. The Bertz CT molecular complexity index is 697. The van der Waals surface area contributed by atoms with Gasteiger partial charge in [0.2, 0.25) is 12.7 Å². The molecule has 24 heavy (non-hydrogen) atoms. The Balaban J connectivity index is 1.35. The summed E-state index contributed by atoms with van der Waals surface area (Å²) in [6, 6.07) is 6.12. The number of ether oxygens (including phenoxy) is 3. The molecule has 128 valence electrons. The maximum absolute atomic E-state index is 5.42. The molecular formula is C17H21N3O4. The molecule has 1 aromatic heterocycles. The van der Waals surface area contributed by atoms with E-state index >= 15 is 0 Å².